The van der Waals surface area contributed by atoms with Crippen LogP contribution in [0.15, 0.2) is 55.0 Å². The quantitative estimate of drug-likeness (QED) is 0.386. The van der Waals surface area contributed by atoms with Crippen LogP contribution >= 0.6 is 11.6 Å². The maximum absolute atomic E-state index is 14.4. The molecular formula is C25H21ClFN5O. The number of hydrogen-bond donors (Lipinski definition) is 2. The highest BCUT2D eigenvalue weighted by Crippen LogP contribution is 2.49. The van der Waals surface area contributed by atoms with Crippen molar-refractivity contribution >= 4 is 39.9 Å². The average molecular weight is 462 g/mol. The molecule has 3 heterocycles. The lowest BCUT2D eigenvalue weighted by Crippen LogP contribution is -2.15. The van der Waals surface area contributed by atoms with Crippen LogP contribution in [0.2, 0.25) is 5.02 Å². The number of amides is 1. The van der Waals surface area contributed by atoms with Gasteiger partial charge < -0.3 is 10.6 Å². The van der Waals surface area contributed by atoms with Gasteiger partial charge in [0.05, 0.1) is 5.52 Å². The Morgan fingerprint density at radius 2 is 1.91 bits per heavy atom. The molecule has 1 aliphatic carbocycles. The van der Waals surface area contributed by atoms with Crippen LogP contribution in [0.4, 0.5) is 15.9 Å². The number of alkyl halides is 1. The Morgan fingerprint density at radius 1 is 1.09 bits per heavy atom. The van der Waals surface area contributed by atoms with Crippen LogP contribution in [0.3, 0.4) is 0 Å². The molecule has 1 aliphatic rings. The second-order valence-electron chi connectivity index (χ2n) is 8.21. The molecule has 3 aromatic heterocycles. The van der Waals surface area contributed by atoms with Gasteiger partial charge in [-0.25, -0.2) is 9.37 Å². The van der Waals surface area contributed by atoms with Gasteiger partial charge in [0.25, 0.3) is 5.91 Å². The third kappa shape index (κ3) is 4.00. The predicted octanol–water partition coefficient (Wildman–Crippen LogP) is 5.91. The van der Waals surface area contributed by atoms with Crippen LogP contribution < -0.4 is 10.6 Å². The zero-order chi connectivity index (χ0) is 23.2. The number of aryl methyl sites for hydroxylation is 1. The molecule has 8 heteroatoms. The summed E-state index contributed by atoms with van der Waals surface area (Å²) < 4.78 is 14.4. The lowest BCUT2D eigenvalue weighted by atomic mass is 10.00. The monoisotopic (exact) mass is 461 g/mol. The fourth-order valence-corrected chi connectivity index (χ4v) is 4.13. The molecule has 0 saturated heterocycles. The Hall–Kier alpha value is -3.58. The molecule has 2 N–H and O–H groups in total. The van der Waals surface area contributed by atoms with Gasteiger partial charge in [-0.1, -0.05) is 17.7 Å². The van der Waals surface area contributed by atoms with Gasteiger partial charge in [-0.2, -0.15) is 0 Å². The molecule has 5 rings (SSSR count). The van der Waals surface area contributed by atoms with E-state index in [2.05, 4.69) is 25.6 Å². The standard InChI is InChI=1S/C25H21ClFN5O/c1-14-3-4-18(32-24(33)20-10-17(5-8-29-20)25(27)6-7-25)11-19(14)15-9-16-13-31-23(28-2)21(26)22(16)30-12-15/h3-5,8-13H,6-7H2,1-2H3,(H,28,31)(H,32,33). The van der Waals surface area contributed by atoms with Crippen LogP contribution in [0.1, 0.15) is 34.5 Å². The number of hydrogen-bond acceptors (Lipinski definition) is 5. The highest BCUT2D eigenvalue weighted by Gasteiger charge is 2.45. The van der Waals surface area contributed by atoms with E-state index in [1.807, 2.05) is 31.2 Å². The zero-order valence-electron chi connectivity index (χ0n) is 18.1. The largest absolute Gasteiger partial charge is 0.372 e. The molecule has 0 bridgehead atoms. The molecule has 0 unspecified atom stereocenters. The summed E-state index contributed by atoms with van der Waals surface area (Å²) in [6.07, 6.45) is 5.92. The normalized spacial score (nSPS) is 14.2. The van der Waals surface area contributed by atoms with E-state index in [1.54, 1.807) is 25.5 Å². The summed E-state index contributed by atoms with van der Waals surface area (Å²) in [6, 6.07) is 10.8. The third-order valence-corrected chi connectivity index (χ3v) is 6.27. The number of anilines is 2. The van der Waals surface area contributed by atoms with E-state index in [0.717, 1.165) is 22.1 Å². The Balaban J connectivity index is 1.44. The Kier molecular flexibility index (Phi) is 5.21. The highest BCUT2D eigenvalue weighted by atomic mass is 35.5. The first-order valence-corrected chi connectivity index (χ1v) is 11.0. The minimum atomic E-state index is -1.32. The molecule has 1 aromatic carbocycles. The topological polar surface area (TPSA) is 79.8 Å². The summed E-state index contributed by atoms with van der Waals surface area (Å²) in [4.78, 5) is 25.8. The Morgan fingerprint density at radius 3 is 2.67 bits per heavy atom. The van der Waals surface area contributed by atoms with Crippen LogP contribution in [0, 0.1) is 6.92 Å². The smallest absolute Gasteiger partial charge is 0.274 e. The molecule has 0 atom stereocenters. The first-order chi connectivity index (χ1) is 15.9. The summed E-state index contributed by atoms with van der Waals surface area (Å²) in [5.41, 5.74) is 3.45. The van der Waals surface area contributed by atoms with Crippen LogP contribution in [0.25, 0.3) is 22.0 Å². The van der Waals surface area contributed by atoms with Crippen LogP contribution in [-0.4, -0.2) is 27.9 Å². The van der Waals surface area contributed by atoms with Gasteiger partial charge in [0, 0.05) is 42.3 Å². The number of fused-ring (bicyclic) bond motifs is 1. The molecule has 33 heavy (non-hydrogen) atoms. The number of halogens is 2. The first kappa shape index (κ1) is 21.3. The van der Waals surface area contributed by atoms with Gasteiger partial charge in [-0.15, -0.1) is 0 Å². The Labute approximate surface area is 195 Å². The molecular weight excluding hydrogens is 441 g/mol. The summed E-state index contributed by atoms with van der Waals surface area (Å²) >= 11 is 6.39. The van der Waals surface area contributed by atoms with E-state index >= 15 is 0 Å². The molecule has 0 aliphatic heterocycles. The van der Waals surface area contributed by atoms with Gasteiger partial charge in [0.1, 0.15) is 22.2 Å². The van der Waals surface area contributed by atoms with Crippen molar-refractivity contribution in [2.75, 3.05) is 17.7 Å². The van der Waals surface area contributed by atoms with Crippen LogP contribution in [0.5, 0.6) is 0 Å². The number of rotatable bonds is 5. The fourth-order valence-electron chi connectivity index (χ4n) is 3.83. The lowest BCUT2D eigenvalue weighted by Gasteiger charge is -2.12. The van der Waals surface area contributed by atoms with Crippen molar-refractivity contribution in [3.63, 3.8) is 0 Å². The van der Waals surface area contributed by atoms with E-state index in [4.69, 9.17) is 11.6 Å². The van der Waals surface area contributed by atoms with Gasteiger partial charge in [-0.05, 0) is 66.8 Å². The number of nitrogens with one attached hydrogen (secondary N) is 2. The minimum Gasteiger partial charge on any atom is -0.372 e. The average Bonchev–Trinajstić information content (AvgIpc) is 3.59. The first-order valence-electron chi connectivity index (χ1n) is 10.6. The molecule has 4 aromatic rings. The second kappa shape index (κ2) is 8.08. The van der Waals surface area contributed by atoms with Crippen LogP contribution in [-0.2, 0) is 5.67 Å². The van der Waals surface area contributed by atoms with Gasteiger partial charge in [0.2, 0.25) is 0 Å². The number of carbonyl (C=O) groups is 1. The Bertz CT molecular complexity index is 1400. The molecule has 166 valence electrons. The maximum Gasteiger partial charge on any atom is 0.274 e. The van der Waals surface area contributed by atoms with Gasteiger partial charge in [0.15, 0.2) is 0 Å². The third-order valence-electron chi connectivity index (χ3n) is 5.91. The van der Waals surface area contributed by atoms with Crippen molar-refractivity contribution in [2.24, 2.45) is 0 Å². The zero-order valence-corrected chi connectivity index (χ0v) is 18.9. The van der Waals surface area contributed by atoms with Crippen molar-refractivity contribution in [1.82, 2.24) is 15.0 Å². The summed E-state index contributed by atoms with van der Waals surface area (Å²) in [5, 5.41) is 7.10. The van der Waals surface area contributed by atoms with Crippen molar-refractivity contribution < 1.29 is 9.18 Å². The van der Waals surface area contributed by atoms with E-state index < -0.39 is 5.67 Å². The van der Waals surface area contributed by atoms with E-state index in [9.17, 15) is 9.18 Å². The molecule has 1 saturated carbocycles. The number of aromatic nitrogens is 3. The maximum atomic E-state index is 14.4. The van der Waals surface area contributed by atoms with Gasteiger partial charge in [-0.3, -0.25) is 14.8 Å². The van der Waals surface area contributed by atoms with Crippen molar-refractivity contribution in [3.05, 3.63) is 76.8 Å². The van der Waals surface area contributed by atoms with Gasteiger partial charge >= 0.3 is 0 Å². The number of benzene rings is 1. The highest BCUT2D eigenvalue weighted by molar-refractivity contribution is 6.37. The number of pyridine rings is 3. The molecule has 1 amide bonds. The lowest BCUT2D eigenvalue weighted by molar-refractivity contribution is 0.102. The summed E-state index contributed by atoms with van der Waals surface area (Å²) in [7, 11) is 1.75. The van der Waals surface area contributed by atoms with E-state index in [0.29, 0.717) is 40.4 Å². The van der Waals surface area contributed by atoms with Crippen molar-refractivity contribution in [1.29, 1.82) is 0 Å². The SMILES string of the molecule is CNc1ncc2cc(-c3cc(NC(=O)c4cc(C5(F)CC5)ccn4)ccc3C)cnc2c1Cl. The van der Waals surface area contributed by atoms with Crippen molar-refractivity contribution in [2.45, 2.75) is 25.4 Å². The van der Waals surface area contributed by atoms with E-state index in [1.165, 1.54) is 12.3 Å². The molecule has 0 radical (unpaired) electrons. The number of carbonyl (C=O) groups excluding carboxylic acids is 1. The molecule has 1 fully saturated rings. The molecule has 0 spiro atoms. The minimum absolute atomic E-state index is 0.187. The summed E-state index contributed by atoms with van der Waals surface area (Å²) in [6.45, 7) is 1.99. The van der Waals surface area contributed by atoms with E-state index in [-0.39, 0.29) is 11.6 Å². The predicted molar refractivity (Wildman–Crippen MR) is 128 cm³/mol. The fraction of sp³-hybridized carbons (Fsp3) is 0.200. The van der Waals surface area contributed by atoms with Crippen molar-refractivity contribution in [3.8, 4) is 11.1 Å². The molecule has 6 nitrogen and oxygen atoms in total. The summed E-state index contributed by atoms with van der Waals surface area (Å²) in [5.74, 6) is 0.187. The second-order valence-corrected chi connectivity index (χ2v) is 8.59. The number of nitrogens with zero attached hydrogens (tertiary/aromatic N) is 3.